The predicted octanol–water partition coefficient (Wildman–Crippen LogP) is 5.12. The van der Waals surface area contributed by atoms with Crippen LogP contribution in [0.5, 0.6) is 0 Å². The molecule has 2 heteroatoms. The van der Waals surface area contributed by atoms with Crippen molar-refractivity contribution >= 4 is 22.5 Å². The molecule has 94 valence electrons. The van der Waals surface area contributed by atoms with Crippen molar-refractivity contribution in [2.75, 3.05) is 0 Å². The van der Waals surface area contributed by atoms with Gasteiger partial charge in [0.15, 0.2) is 0 Å². The SMILES string of the molecule is CCc1cc(Cl)c2cccc(-c3ccccc3)c2n1. The first-order chi connectivity index (χ1) is 9.29. The van der Waals surface area contributed by atoms with Crippen molar-refractivity contribution in [3.05, 3.63) is 65.3 Å². The van der Waals surface area contributed by atoms with Gasteiger partial charge in [-0.05, 0) is 18.1 Å². The summed E-state index contributed by atoms with van der Waals surface area (Å²) in [5.74, 6) is 0. The zero-order valence-electron chi connectivity index (χ0n) is 10.7. The van der Waals surface area contributed by atoms with Crippen molar-refractivity contribution in [2.45, 2.75) is 13.3 Å². The summed E-state index contributed by atoms with van der Waals surface area (Å²) in [4.78, 5) is 4.75. The maximum atomic E-state index is 6.36. The van der Waals surface area contributed by atoms with E-state index in [0.717, 1.165) is 33.6 Å². The van der Waals surface area contributed by atoms with Crippen molar-refractivity contribution in [3.8, 4) is 11.1 Å². The second-order valence-electron chi connectivity index (χ2n) is 4.52. The van der Waals surface area contributed by atoms with Gasteiger partial charge in [-0.2, -0.15) is 0 Å². The molecule has 0 aliphatic carbocycles. The van der Waals surface area contributed by atoms with E-state index in [-0.39, 0.29) is 0 Å². The molecular formula is C17H14ClN. The number of benzene rings is 2. The van der Waals surface area contributed by atoms with Crippen LogP contribution in [-0.2, 0) is 6.42 Å². The fraction of sp³-hybridized carbons (Fsp3) is 0.118. The van der Waals surface area contributed by atoms with Gasteiger partial charge in [0, 0.05) is 16.6 Å². The third-order valence-electron chi connectivity index (χ3n) is 3.29. The number of aryl methyl sites for hydroxylation is 1. The molecule has 0 saturated heterocycles. The highest BCUT2D eigenvalue weighted by Crippen LogP contribution is 2.31. The Morgan fingerprint density at radius 3 is 2.53 bits per heavy atom. The normalized spacial score (nSPS) is 10.8. The Labute approximate surface area is 117 Å². The molecule has 0 fully saturated rings. The van der Waals surface area contributed by atoms with Crippen LogP contribution in [0.2, 0.25) is 5.02 Å². The van der Waals surface area contributed by atoms with Crippen LogP contribution in [0.4, 0.5) is 0 Å². The quantitative estimate of drug-likeness (QED) is 0.628. The fourth-order valence-corrected chi connectivity index (χ4v) is 2.57. The number of nitrogens with zero attached hydrogens (tertiary/aromatic N) is 1. The van der Waals surface area contributed by atoms with Gasteiger partial charge in [-0.25, -0.2) is 0 Å². The van der Waals surface area contributed by atoms with Crippen molar-refractivity contribution in [1.82, 2.24) is 4.98 Å². The van der Waals surface area contributed by atoms with E-state index in [1.807, 2.05) is 36.4 Å². The summed E-state index contributed by atoms with van der Waals surface area (Å²) in [5.41, 5.74) is 4.32. The van der Waals surface area contributed by atoms with Crippen LogP contribution in [0.25, 0.3) is 22.0 Å². The largest absolute Gasteiger partial charge is 0.252 e. The molecule has 1 nitrogen and oxygen atoms in total. The fourth-order valence-electron chi connectivity index (χ4n) is 2.29. The third kappa shape index (κ3) is 2.22. The molecular weight excluding hydrogens is 254 g/mol. The maximum absolute atomic E-state index is 6.36. The first-order valence-electron chi connectivity index (χ1n) is 6.43. The van der Waals surface area contributed by atoms with Gasteiger partial charge in [-0.1, -0.05) is 67.1 Å². The molecule has 1 heterocycles. The number of hydrogen-bond donors (Lipinski definition) is 0. The lowest BCUT2D eigenvalue weighted by molar-refractivity contribution is 1.06. The highest BCUT2D eigenvalue weighted by molar-refractivity contribution is 6.35. The molecule has 2 aromatic carbocycles. The summed E-state index contributed by atoms with van der Waals surface area (Å²) < 4.78 is 0. The molecule has 0 aliphatic rings. The third-order valence-corrected chi connectivity index (χ3v) is 3.60. The average Bonchev–Trinajstić information content (AvgIpc) is 2.47. The molecule has 0 N–H and O–H groups in total. The minimum Gasteiger partial charge on any atom is -0.252 e. The van der Waals surface area contributed by atoms with E-state index in [9.17, 15) is 0 Å². The van der Waals surface area contributed by atoms with Crippen LogP contribution in [0, 0.1) is 0 Å². The van der Waals surface area contributed by atoms with Crippen LogP contribution in [0.3, 0.4) is 0 Å². The van der Waals surface area contributed by atoms with Gasteiger partial charge in [0.1, 0.15) is 0 Å². The van der Waals surface area contributed by atoms with Gasteiger partial charge in [0.25, 0.3) is 0 Å². The Bertz CT molecular complexity index is 720. The van der Waals surface area contributed by atoms with Crippen LogP contribution in [0.15, 0.2) is 54.6 Å². The zero-order valence-corrected chi connectivity index (χ0v) is 11.5. The highest BCUT2D eigenvalue weighted by atomic mass is 35.5. The van der Waals surface area contributed by atoms with Crippen LogP contribution >= 0.6 is 11.6 Å². The summed E-state index contributed by atoms with van der Waals surface area (Å²) in [6.45, 7) is 2.09. The van der Waals surface area contributed by atoms with Crippen molar-refractivity contribution in [1.29, 1.82) is 0 Å². The van der Waals surface area contributed by atoms with E-state index in [1.54, 1.807) is 0 Å². The average molecular weight is 268 g/mol. The smallest absolute Gasteiger partial charge is 0.0798 e. The topological polar surface area (TPSA) is 12.9 Å². The molecule has 1 aromatic heterocycles. The Morgan fingerprint density at radius 1 is 1.00 bits per heavy atom. The second-order valence-corrected chi connectivity index (χ2v) is 4.92. The molecule has 0 saturated carbocycles. The molecule has 3 aromatic rings. The lowest BCUT2D eigenvalue weighted by atomic mass is 10.0. The van der Waals surface area contributed by atoms with Gasteiger partial charge >= 0.3 is 0 Å². The second kappa shape index (κ2) is 5.02. The number of aromatic nitrogens is 1. The summed E-state index contributed by atoms with van der Waals surface area (Å²) in [7, 11) is 0. The molecule has 3 rings (SSSR count). The number of rotatable bonds is 2. The molecule has 0 unspecified atom stereocenters. The monoisotopic (exact) mass is 267 g/mol. The first-order valence-corrected chi connectivity index (χ1v) is 6.81. The summed E-state index contributed by atoms with van der Waals surface area (Å²) >= 11 is 6.36. The van der Waals surface area contributed by atoms with E-state index in [1.165, 1.54) is 5.56 Å². The zero-order chi connectivity index (χ0) is 13.2. The van der Waals surface area contributed by atoms with Crippen molar-refractivity contribution < 1.29 is 0 Å². The van der Waals surface area contributed by atoms with Crippen LogP contribution < -0.4 is 0 Å². The van der Waals surface area contributed by atoms with E-state index < -0.39 is 0 Å². The predicted molar refractivity (Wildman–Crippen MR) is 81.6 cm³/mol. The molecule has 0 radical (unpaired) electrons. The number of fused-ring (bicyclic) bond motifs is 1. The Kier molecular flexibility index (Phi) is 3.22. The van der Waals surface area contributed by atoms with E-state index in [0.29, 0.717) is 0 Å². The number of hydrogen-bond acceptors (Lipinski definition) is 1. The lowest BCUT2D eigenvalue weighted by Crippen LogP contribution is -1.91. The standard InChI is InChI=1S/C17H14ClN/c1-2-13-11-16(18)15-10-6-9-14(17(15)19-13)12-7-4-3-5-8-12/h3-11H,2H2,1H3. The van der Waals surface area contributed by atoms with Crippen LogP contribution in [0.1, 0.15) is 12.6 Å². The summed E-state index contributed by atoms with van der Waals surface area (Å²) in [5, 5.41) is 1.79. The Hall–Kier alpha value is -1.86. The lowest BCUT2D eigenvalue weighted by Gasteiger charge is -2.09. The molecule has 0 aliphatic heterocycles. The van der Waals surface area contributed by atoms with Gasteiger partial charge < -0.3 is 0 Å². The molecule has 0 atom stereocenters. The van der Waals surface area contributed by atoms with Gasteiger partial charge in [0.05, 0.1) is 10.5 Å². The number of halogens is 1. The highest BCUT2D eigenvalue weighted by Gasteiger charge is 2.08. The van der Waals surface area contributed by atoms with E-state index >= 15 is 0 Å². The number of para-hydroxylation sites is 1. The Balaban J connectivity index is 2.34. The number of pyridine rings is 1. The molecule has 0 bridgehead atoms. The molecule has 19 heavy (non-hydrogen) atoms. The van der Waals surface area contributed by atoms with Crippen molar-refractivity contribution in [3.63, 3.8) is 0 Å². The van der Waals surface area contributed by atoms with Crippen LogP contribution in [-0.4, -0.2) is 4.98 Å². The first kappa shape index (κ1) is 12.2. The summed E-state index contributed by atoms with van der Waals surface area (Å²) in [6, 6.07) is 18.4. The van der Waals surface area contributed by atoms with Gasteiger partial charge in [0.2, 0.25) is 0 Å². The van der Waals surface area contributed by atoms with E-state index in [2.05, 4.69) is 25.1 Å². The van der Waals surface area contributed by atoms with E-state index in [4.69, 9.17) is 16.6 Å². The Morgan fingerprint density at radius 2 is 1.79 bits per heavy atom. The molecule has 0 amide bonds. The molecule has 0 spiro atoms. The maximum Gasteiger partial charge on any atom is 0.0798 e. The van der Waals surface area contributed by atoms with Crippen molar-refractivity contribution in [2.24, 2.45) is 0 Å². The minimum atomic E-state index is 0.777. The van der Waals surface area contributed by atoms with Gasteiger partial charge in [-0.15, -0.1) is 0 Å². The van der Waals surface area contributed by atoms with Gasteiger partial charge in [-0.3, -0.25) is 4.98 Å². The summed E-state index contributed by atoms with van der Waals surface area (Å²) in [6.07, 6.45) is 0.888. The minimum absolute atomic E-state index is 0.777.